The van der Waals surface area contributed by atoms with Gasteiger partial charge in [0.05, 0.1) is 5.39 Å². The Hall–Kier alpha value is -2.14. The van der Waals surface area contributed by atoms with Crippen LogP contribution in [0, 0.1) is 0 Å². The molecule has 21 heavy (non-hydrogen) atoms. The average Bonchev–Trinajstić information content (AvgIpc) is 2.87. The molecule has 0 fully saturated rings. The summed E-state index contributed by atoms with van der Waals surface area (Å²) >= 11 is 1.67. The number of aryl methyl sites for hydroxylation is 2. The van der Waals surface area contributed by atoms with Gasteiger partial charge in [0, 0.05) is 10.6 Å². The summed E-state index contributed by atoms with van der Waals surface area (Å²) in [6, 6.07) is 9.75. The van der Waals surface area contributed by atoms with Gasteiger partial charge in [-0.2, -0.15) is 0 Å². The maximum absolute atomic E-state index is 12.4. The molecule has 3 aromatic rings. The van der Waals surface area contributed by atoms with Gasteiger partial charge in [-0.25, -0.2) is 4.98 Å². The largest absolute Gasteiger partial charge is 0.326 e. The van der Waals surface area contributed by atoms with E-state index in [1.165, 1.54) is 23.3 Å². The number of nitrogens with zero attached hydrogens (tertiary/aromatic N) is 1. The predicted octanol–water partition coefficient (Wildman–Crippen LogP) is 3.61. The van der Waals surface area contributed by atoms with Crippen LogP contribution in [0.3, 0.4) is 0 Å². The first kappa shape index (κ1) is 12.6. The zero-order valence-corrected chi connectivity index (χ0v) is 12.3. The van der Waals surface area contributed by atoms with Crippen molar-refractivity contribution < 1.29 is 0 Å². The quantitative estimate of drug-likeness (QED) is 0.759. The van der Waals surface area contributed by atoms with Crippen LogP contribution in [-0.4, -0.2) is 9.97 Å². The fraction of sp³-hybridized carbons (Fsp3) is 0.250. The van der Waals surface area contributed by atoms with Gasteiger partial charge in [0.1, 0.15) is 4.83 Å². The third-order valence-electron chi connectivity index (χ3n) is 3.86. The molecule has 1 aliphatic rings. The third-order valence-corrected chi connectivity index (χ3v) is 5.05. The van der Waals surface area contributed by atoms with Crippen molar-refractivity contribution in [2.45, 2.75) is 25.7 Å². The Morgan fingerprint density at radius 1 is 1.14 bits per heavy atom. The van der Waals surface area contributed by atoms with E-state index in [1.807, 2.05) is 30.3 Å². The van der Waals surface area contributed by atoms with Crippen LogP contribution in [0.4, 0.5) is 11.6 Å². The number of benzene rings is 1. The monoisotopic (exact) mass is 297 g/mol. The van der Waals surface area contributed by atoms with Gasteiger partial charge in [-0.3, -0.25) is 9.78 Å². The van der Waals surface area contributed by atoms with Crippen molar-refractivity contribution in [1.29, 1.82) is 0 Å². The molecule has 0 bridgehead atoms. The molecule has 0 aliphatic heterocycles. The standard InChI is InChI=1S/C16H15N3OS/c20-14-13-11-8-4-5-9-12(11)21-15(13)19-16(18-14)17-10-6-2-1-3-7-10/h1-3,6-7H,4-5,8-9H2,(H2,17,18,19,20). The SMILES string of the molecule is O=c1[nH]c(Nc2ccccc2)nc2sc3c(c12)CCCC3. The molecule has 2 N–H and O–H groups in total. The summed E-state index contributed by atoms with van der Waals surface area (Å²) in [7, 11) is 0. The Kier molecular flexibility index (Phi) is 3.00. The Bertz CT molecular complexity index is 851. The molecule has 0 saturated carbocycles. The molecule has 0 saturated heterocycles. The van der Waals surface area contributed by atoms with Crippen LogP contribution in [0.2, 0.25) is 0 Å². The van der Waals surface area contributed by atoms with Crippen LogP contribution in [0.5, 0.6) is 0 Å². The van der Waals surface area contributed by atoms with E-state index in [2.05, 4.69) is 15.3 Å². The second-order valence-corrected chi connectivity index (χ2v) is 6.38. The minimum atomic E-state index is -0.0298. The van der Waals surface area contributed by atoms with Gasteiger partial charge in [-0.1, -0.05) is 18.2 Å². The number of H-pyrrole nitrogens is 1. The molecule has 5 heteroatoms. The Morgan fingerprint density at radius 3 is 2.81 bits per heavy atom. The van der Waals surface area contributed by atoms with E-state index in [9.17, 15) is 4.79 Å². The first-order chi connectivity index (χ1) is 10.3. The van der Waals surface area contributed by atoms with Gasteiger partial charge in [-0.15, -0.1) is 11.3 Å². The van der Waals surface area contributed by atoms with Crippen molar-refractivity contribution >= 4 is 33.2 Å². The lowest BCUT2D eigenvalue weighted by Crippen LogP contribution is -2.12. The first-order valence-electron chi connectivity index (χ1n) is 7.18. The fourth-order valence-corrected chi connectivity index (χ4v) is 4.14. The highest BCUT2D eigenvalue weighted by molar-refractivity contribution is 7.18. The van der Waals surface area contributed by atoms with Crippen molar-refractivity contribution in [2.75, 3.05) is 5.32 Å². The topological polar surface area (TPSA) is 57.8 Å². The van der Waals surface area contributed by atoms with Crippen LogP contribution in [0.1, 0.15) is 23.3 Å². The summed E-state index contributed by atoms with van der Waals surface area (Å²) in [5.41, 5.74) is 2.11. The molecule has 2 aromatic heterocycles. The second kappa shape index (κ2) is 5.00. The van der Waals surface area contributed by atoms with Crippen molar-refractivity contribution in [3.63, 3.8) is 0 Å². The van der Waals surface area contributed by atoms with E-state index in [1.54, 1.807) is 11.3 Å². The number of aromatic amines is 1. The van der Waals surface area contributed by atoms with Crippen LogP contribution in [0.15, 0.2) is 35.1 Å². The van der Waals surface area contributed by atoms with Crippen molar-refractivity contribution in [1.82, 2.24) is 9.97 Å². The van der Waals surface area contributed by atoms with Crippen LogP contribution in [-0.2, 0) is 12.8 Å². The maximum atomic E-state index is 12.4. The number of hydrogen-bond acceptors (Lipinski definition) is 4. The normalized spacial score (nSPS) is 14.1. The van der Waals surface area contributed by atoms with E-state index in [0.29, 0.717) is 5.95 Å². The molecular formula is C16H15N3OS. The van der Waals surface area contributed by atoms with Gasteiger partial charge < -0.3 is 5.32 Å². The summed E-state index contributed by atoms with van der Waals surface area (Å²) in [6.45, 7) is 0. The molecule has 4 rings (SSSR count). The molecule has 0 atom stereocenters. The van der Waals surface area contributed by atoms with Crippen LogP contribution < -0.4 is 10.9 Å². The smallest absolute Gasteiger partial charge is 0.261 e. The van der Waals surface area contributed by atoms with E-state index >= 15 is 0 Å². The summed E-state index contributed by atoms with van der Waals surface area (Å²) in [5.74, 6) is 0.511. The molecule has 0 amide bonds. The molecule has 106 valence electrons. The second-order valence-electron chi connectivity index (χ2n) is 5.30. The van der Waals surface area contributed by atoms with Crippen LogP contribution >= 0.6 is 11.3 Å². The number of para-hydroxylation sites is 1. The minimum Gasteiger partial charge on any atom is -0.326 e. The number of thiophene rings is 1. The highest BCUT2D eigenvalue weighted by Crippen LogP contribution is 2.33. The van der Waals surface area contributed by atoms with Gasteiger partial charge in [0.25, 0.3) is 5.56 Å². The van der Waals surface area contributed by atoms with Gasteiger partial charge in [-0.05, 0) is 43.4 Å². The summed E-state index contributed by atoms with van der Waals surface area (Å²) in [5, 5.41) is 3.96. The Balaban J connectivity index is 1.81. The first-order valence-corrected chi connectivity index (χ1v) is 7.99. The van der Waals surface area contributed by atoms with Crippen molar-refractivity contribution in [3.8, 4) is 0 Å². The van der Waals surface area contributed by atoms with Gasteiger partial charge in [0.2, 0.25) is 5.95 Å². The summed E-state index contributed by atoms with van der Waals surface area (Å²) in [6.07, 6.45) is 4.47. The molecular weight excluding hydrogens is 282 g/mol. The van der Waals surface area contributed by atoms with Crippen molar-refractivity contribution in [3.05, 3.63) is 51.1 Å². The number of aromatic nitrogens is 2. The molecule has 0 unspecified atom stereocenters. The Morgan fingerprint density at radius 2 is 1.95 bits per heavy atom. The minimum absolute atomic E-state index is 0.0298. The average molecular weight is 297 g/mol. The number of nitrogens with one attached hydrogen (secondary N) is 2. The number of anilines is 2. The molecule has 1 aromatic carbocycles. The highest BCUT2D eigenvalue weighted by Gasteiger charge is 2.19. The molecule has 0 radical (unpaired) electrons. The van der Waals surface area contributed by atoms with Gasteiger partial charge >= 0.3 is 0 Å². The van der Waals surface area contributed by atoms with E-state index in [4.69, 9.17) is 0 Å². The number of hydrogen-bond donors (Lipinski definition) is 2. The van der Waals surface area contributed by atoms with Gasteiger partial charge in [0.15, 0.2) is 0 Å². The van der Waals surface area contributed by atoms with E-state index in [-0.39, 0.29) is 5.56 Å². The lowest BCUT2D eigenvalue weighted by atomic mass is 9.97. The lowest BCUT2D eigenvalue weighted by Gasteiger charge is -2.09. The van der Waals surface area contributed by atoms with E-state index < -0.39 is 0 Å². The number of fused-ring (bicyclic) bond motifs is 3. The van der Waals surface area contributed by atoms with Crippen molar-refractivity contribution in [2.24, 2.45) is 0 Å². The van der Waals surface area contributed by atoms with E-state index in [0.717, 1.165) is 28.7 Å². The molecule has 1 aliphatic carbocycles. The number of rotatable bonds is 2. The van der Waals surface area contributed by atoms with Crippen LogP contribution in [0.25, 0.3) is 10.2 Å². The third kappa shape index (κ3) is 2.23. The zero-order chi connectivity index (χ0) is 14.2. The lowest BCUT2D eigenvalue weighted by molar-refractivity contribution is 0.700. The Labute approximate surface area is 125 Å². The fourth-order valence-electron chi connectivity index (χ4n) is 2.88. The molecule has 2 heterocycles. The summed E-state index contributed by atoms with van der Waals surface area (Å²) in [4.78, 5) is 22.0. The summed E-state index contributed by atoms with van der Waals surface area (Å²) < 4.78 is 0. The maximum Gasteiger partial charge on any atom is 0.261 e. The zero-order valence-electron chi connectivity index (χ0n) is 11.5. The molecule has 0 spiro atoms. The predicted molar refractivity (Wildman–Crippen MR) is 86.6 cm³/mol. The highest BCUT2D eigenvalue weighted by atomic mass is 32.1. The molecule has 4 nitrogen and oxygen atoms in total.